The van der Waals surface area contributed by atoms with Gasteiger partial charge in [0.2, 0.25) is 11.8 Å². The van der Waals surface area contributed by atoms with Crippen molar-refractivity contribution in [2.45, 2.75) is 32.7 Å². The Balaban J connectivity index is 1.55. The molecule has 26 heavy (non-hydrogen) atoms. The smallest absolute Gasteiger partial charge is 0.308 e. The summed E-state index contributed by atoms with van der Waals surface area (Å²) in [6.07, 6.45) is 2.38. The Morgan fingerprint density at radius 1 is 1.15 bits per heavy atom. The quantitative estimate of drug-likeness (QED) is 0.809. The van der Waals surface area contributed by atoms with Crippen LogP contribution in [-0.4, -0.2) is 52.3 Å². The first-order chi connectivity index (χ1) is 12.5. The largest absolute Gasteiger partial charge is 0.481 e. The van der Waals surface area contributed by atoms with Gasteiger partial charge in [0.15, 0.2) is 0 Å². The van der Waals surface area contributed by atoms with Gasteiger partial charge in [-0.05, 0) is 30.2 Å². The highest BCUT2D eigenvalue weighted by Gasteiger charge is 2.46. The van der Waals surface area contributed by atoms with Crippen LogP contribution < -0.4 is 0 Å². The van der Waals surface area contributed by atoms with E-state index in [4.69, 9.17) is 0 Å². The summed E-state index contributed by atoms with van der Waals surface area (Å²) in [5.74, 6) is -0.822. The Bertz CT molecular complexity index is 672. The number of benzene rings is 1. The lowest BCUT2D eigenvalue weighted by molar-refractivity contribution is -0.142. The predicted molar refractivity (Wildman–Crippen MR) is 96.1 cm³/mol. The summed E-state index contributed by atoms with van der Waals surface area (Å²) in [5.41, 5.74) is 1.02. The third-order valence-electron chi connectivity index (χ3n) is 5.52. The standard InChI is InChI=1S/C20H26N2O4/c1-14(23)21(11-15-5-3-2-4-6-15)10-9-19(24)22-12-17(16-7-8-16)18(13-22)20(25)26/h2-6,16-18H,7-13H2,1H3,(H,25,26)/t17-,18+/m1/s1. The first kappa shape index (κ1) is 18.4. The average Bonchev–Trinajstić information content (AvgIpc) is 3.36. The first-order valence-corrected chi connectivity index (χ1v) is 9.25. The molecule has 6 heteroatoms. The van der Waals surface area contributed by atoms with Gasteiger partial charge in [-0.3, -0.25) is 14.4 Å². The van der Waals surface area contributed by atoms with E-state index >= 15 is 0 Å². The van der Waals surface area contributed by atoms with Crippen molar-refractivity contribution in [3.05, 3.63) is 35.9 Å². The average molecular weight is 358 g/mol. The number of rotatable bonds is 7. The highest BCUT2D eigenvalue weighted by molar-refractivity contribution is 5.80. The molecule has 0 aromatic heterocycles. The SMILES string of the molecule is CC(=O)N(CCC(=O)N1C[C@H](C(=O)O)[C@@H](C2CC2)C1)Cc1ccccc1. The summed E-state index contributed by atoms with van der Waals surface area (Å²) in [7, 11) is 0. The first-order valence-electron chi connectivity index (χ1n) is 9.25. The fraction of sp³-hybridized carbons (Fsp3) is 0.550. The van der Waals surface area contributed by atoms with Gasteiger partial charge in [-0.1, -0.05) is 30.3 Å². The Kier molecular flexibility index (Phi) is 5.59. The zero-order valence-corrected chi connectivity index (χ0v) is 15.1. The van der Waals surface area contributed by atoms with Gasteiger partial charge in [-0.2, -0.15) is 0 Å². The number of hydrogen-bond acceptors (Lipinski definition) is 3. The van der Waals surface area contributed by atoms with Crippen LogP contribution in [-0.2, 0) is 20.9 Å². The van der Waals surface area contributed by atoms with Crippen LogP contribution in [0.3, 0.4) is 0 Å². The number of carboxylic acids is 1. The zero-order chi connectivity index (χ0) is 18.7. The van der Waals surface area contributed by atoms with Crippen molar-refractivity contribution >= 4 is 17.8 Å². The maximum absolute atomic E-state index is 12.6. The molecule has 2 atom stereocenters. The summed E-state index contributed by atoms with van der Waals surface area (Å²) < 4.78 is 0. The molecule has 1 N–H and O–H groups in total. The van der Waals surface area contributed by atoms with Gasteiger partial charge in [-0.15, -0.1) is 0 Å². The molecule has 140 valence electrons. The lowest BCUT2D eigenvalue weighted by atomic mass is 9.92. The molecule has 1 aromatic rings. The summed E-state index contributed by atoms with van der Waals surface area (Å²) in [6, 6.07) is 9.68. The van der Waals surface area contributed by atoms with Crippen LogP contribution in [0.5, 0.6) is 0 Å². The van der Waals surface area contributed by atoms with E-state index in [1.54, 1.807) is 9.80 Å². The minimum Gasteiger partial charge on any atom is -0.481 e. The van der Waals surface area contributed by atoms with Crippen LogP contribution in [0.2, 0.25) is 0 Å². The van der Waals surface area contributed by atoms with Gasteiger partial charge in [0.1, 0.15) is 0 Å². The van der Waals surface area contributed by atoms with E-state index < -0.39 is 11.9 Å². The summed E-state index contributed by atoms with van der Waals surface area (Å²) in [6.45, 7) is 3.18. The Hall–Kier alpha value is -2.37. The number of hydrogen-bond donors (Lipinski definition) is 1. The minimum absolute atomic E-state index is 0.0567. The van der Waals surface area contributed by atoms with E-state index in [2.05, 4.69) is 0 Å². The molecule has 2 amide bonds. The van der Waals surface area contributed by atoms with E-state index in [9.17, 15) is 19.5 Å². The van der Waals surface area contributed by atoms with Gasteiger partial charge in [0, 0.05) is 39.5 Å². The van der Waals surface area contributed by atoms with Crippen molar-refractivity contribution in [3.63, 3.8) is 0 Å². The van der Waals surface area contributed by atoms with Crippen molar-refractivity contribution in [2.75, 3.05) is 19.6 Å². The van der Waals surface area contributed by atoms with Crippen molar-refractivity contribution in [1.29, 1.82) is 0 Å². The third-order valence-corrected chi connectivity index (χ3v) is 5.52. The molecule has 0 unspecified atom stereocenters. The molecular formula is C20H26N2O4. The monoisotopic (exact) mass is 358 g/mol. The predicted octanol–water partition coefficient (Wildman–Crippen LogP) is 1.99. The maximum Gasteiger partial charge on any atom is 0.308 e. The normalized spacial score (nSPS) is 22.3. The maximum atomic E-state index is 12.6. The summed E-state index contributed by atoms with van der Waals surface area (Å²) in [5, 5.41) is 9.42. The van der Waals surface area contributed by atoms with Crippen LogP contribution >= 0.6 is 0 Å². The Morgan fingerprint density at radius 2 is 1.85 bits per heavy atom. The highest BCUT2D eigenvalue weighted by Crippen LogP contribution is 2.44. The van der Waals surface area contributed by atoms with Gasteiger partial charge in [-0.25, -0.2) is 0 Å². The van der Waals surface area contributed by atoms with E-state index in [1.165, 1.54) is 6.92 Å². The topological polar surface area (TPSA) is 77.9 Å². The molecule has 6 nitrogen and oxygen atoms in total. The molecular weight excluding hydrogens is 332 g/mol. The molecule has 0 spiro atoms. The Labute approximate surface area is 153 Å². The van der Waals surface area contributed by atoms with Crippen LogP contribution in [0.4, 0.5) is 0 Å². The van der Waals surface area contributed by atoms with Crippen LogP contribution in [0.15, 0.2) is 30.3 Å². The second-order valence-corrected chi connectivity index (χ2v) is 7.42. The second-order valence-electron chi connectivity index (χ2n) is 7.42. The molecule has 2 fully saturated rings. The molecule has 3 rings (SSSR count). The van der Waals surface area contributed by atoms with Crippen molar-refractivity contribution in [2.24, 2.45) is 17.8 Å². The zero-order valence-electron chi connectivity index (χ0n) is 15.1. The lowest BCUT2D eigenvalue weighted by Crippen LogP contribution is -2.35. The van der Waals surface area contributed by atoms with Crippen LogP contribution in [0.1, 0.15) is 31.7 Å². The van der Waals surface area contributed by atoms with Gasteiger partial charge in [0.05, 0.1) is 5.92 Å². The van der Waals surface area contributed by atoms with E-state index in [1.807, 2.05) is 30.3 Å². The van der Waals surface area contributed by atoms with Crippen molar-refractivity contribution in [3.8, 4) is 0 Å². The molecule has 0 radical (unpaired) electrons. The van der Waals surface area contributed by atoms with Crippen molar-refractivity contribution in [1.82, 2.24) is 9.80 Å². The summed E-state index contributed by atoms with van der Waals surface area (Å²) in [4.78, 5) is 39.3. The Morgan fingerprint density at radius 3 is 2.42 bits per heavy atom. The van der Waals surface area contributed by atoms with E-state index in [0.29, 0.717) is 32.1 Å². The van der Waals surface area contributed by atoms with Crippen LogP contribution in [0, 0.1) is 17.8 Å². The highest BCUT2D eigenvalue weighted by atomic mass is 16.4. The number of amides is 2. The molecule has 1 saturated carbocycles. The number of carbonyl (C=O) groups excluding carboxylic acids is 2. The number of likely N-dealkylation sites (tertiary alicyclic amines) is 1. The number of carbonyl (C=O) groups is 3. The van der Waals surface area contributed by atoms with Crippen molar-refractivity contribution < 1.29 is 19.5 Å². The molecule has 1 aliphatic heterocycles. The number of carboxylic acid groups (broad SMARTS) is 1. The molecule has 1 aromatic carbocycles. The lowest BCUT2D eigenvalue weighted by Gasteiger charge is -2.23. The number of aliphatic carboxylic acids is 1. The van der Waals surface area contributed by atoms with Crippen LogP contribution in [0.25, 0.3) is 0 Å². The molecule has 0 bridgehead atoms. The molecule has 1 saturated heterocycles. The second kappa shape index (κ2) is 7.89. The fourth-order valence-electron chi connectivity index (χ4n) is 3.84. The molecule has 1 aliphatic carbocycles. The van der Waals surface area contributed by atoms with Gasteiger partial charge in [0.25, 0.3) is 0 Å². The minimum atomic E-state index is -0.799. The van der Waals surface area contributed by atoms with Gasteiger partial charge >= 0.3 is 5.97 Å². The van der Waals surface area contributed by atoms with Gasteiger partial charge < -0.3 is 14.9 Å². The van der Waals surface area contributed by atoms with E-state index in [-0.39, 0.29) is 24.2 Å². The summed E-state index contributed by atoms with van der Waals surface area (Å²) >= 11 is 0. The third kappa shape index (κ3) is 4.42. The van der Waals surface area contributed by atoms with E-state index in [0.717, 1.165) is 18.4 Å². The molecule has 2 aliphatic rings. The molecule has 1 heterocycles. The fourth-order valence-corrected chi connectivity index (χ4v) is 3.84. The number of nitrogens with zero attached hydrogens (tertiary/aromatic N) is 2.